The third-order valence-corrected chi connectivity index (χ3v) is 5.86. The lowest BCUT2D eigenvalue weighted by molar-refractivity contribution is 0.506. The van der Waals surface area contributed by atoms with E-state index in [0.29, 0.717) is 0 Å². The molecule has 132 valence electrons. The summed E-state index contributed by atoms with van der Waals surface area (Å²) >= 11 is 0. The van der Waals surface area contributed by atoms with Gasteiger partial charge in [-0.3, -0.25) is 0 Å². The number of fused-ring (bicyclic) bond motifs is 3. The second-order valence-corrected chi connectivity index (χ2v) is 7.96. The summed E-state index contributed by atoms with van der Waals surface area (Å²) in [7, 11) is 0. The van der Waals surface area contributed by atoms with Gasteiger partial charge in [-0.05, 0) is 77.8 Å². The number of nitrogens with zero attached hydrogens (tertiary/aromatic N) is 1. The standard InChI is InChI=1S/C25H27N/c1-4-25(2,3)21-12-16-23(17-13-21)26-22-14-10-19(11-15-22)8-9-20-6-5-7-24(26)18-20/h5-7,10-18H,4,8-9H2,1-3H3. The molecule has 1 nitrogen and oxygen atoms in total. The lowest BCUT2D eigenvalue weighted by atomic mass is 9.82. The first kappa shape index (κ1) is 16.9. The van der Waals surface area contributed by atoms with Crippen LogP contribution in [-0.2, 0) is 18.3 Å². The minimum atomic E-state index is 0.214. The van der Waals surface area contributed by atoms with Crippen molar-refractivity contribution in [3.63, 3.8) is 0 Å². The number of hydrogen-bond acceptors (Lipinski definition) is 1. The van der Waals surface area contributed by atoms with Crippen LogP contribution in [0.25, 0.3) is 0 Å². The minimum Gasteiger partial charge on any atom is -0.310 e. The van der Waals surface area contributed by atoms with Crippen LogP contribution in [0.2, 0.25) is 0 Å². The fourth-order valence-corrected chi connectivity index (χ4v) is 3.66. The first-order valence-corrected chi connectivity index (χ1v) is 9.65. The predicted octanol–water partition coefficient (Wildman–Crippen LogP) is 6.94. The summed E-state index contributed by atoms with van der Waals surface area (Å²) in [5.74, 6) is 0. The molecule has 0 saturated carbocycles. The molecule has 5 rings (SSSR count). The molecule has 0 fully saturated rings. The second kappa shape index (κ2) is 6.64. The van der Waals surface area contributed by atoms with E-state index in [0.717, 1.165) is 19.3 Å². The summed E-state index contributed by atoms with van der Waals surface area (Å²) in [6, 6.07) is 27.1. The van der Waals surface area contributed by atoms with Gasteiger partial charge in [0, 0.05) is 17.1 Å². The third-order valence-electron chi connectivity index (χ3n) is 5.86. The van der Waals surface area contributed by atoms with Gasteiger partial charge < -0.3 is 4.90 Å². The van der Waals surface area contributed by atoms with Crippen LogP contribution in [0.15, 0.2) is 72.8 Å². The Morgan fingerprint density at radius 2 is 1.35 bits per heavy atom. The Morgan fingerprint density at radius 1 is 0.731 bits per heavy atom. The molecular formula is C25H27N. The van der Waals surface area contributed by atoms with Crippen LogP contribution in [0.4, 0.5) is 17.1 Å². The second-order valence-electron chi connectivity index (χ2n) is 7.96. The van der Waals surface area contributed by atoms with Crippen LogP contribution in [0.1, 0.15) is 43.9 Å². The fourth-order valence-electron chi connectivity index (χ4n) is 3.66. The molecule has 3 aromatic carbocycles. The molecule has 0 saturated heterocycles. The van der Waals surface area contributed by atoms with Crippen LogP contribution < -0.4 is 4.90 Å². The molecule has 0 unspecified atom stereocenters. The highest BCUT2D eigenvalue weighted by atomic mass is 15.1. The highest BCUT2D eigenvalue weighted by Crippen LogP contribution is 2.37. The average molecular weight is 341 g/mol. The van der Waals surface area contributed by atoms with Gasteiger partial charge in [-0.15, -0.1) is 0 Å². The van der Waals surface area contributed by atoms with Crippen molar-refractivity contribution in [2.75, 3.05) is 4.90 Å². The highest BCUT2D eigenvalue weighted by Gasteiger charge is 2.19. The van der Waals surface area contributed by atoms with Crippen LogP contribution in [0.5, 0.6) is 0 Å². The molecule has 4 bridgehead atoms. The smallest absolute Gasteiger partial charge is 0.0464 e. The van der Waals surface area contributed by atoms with Crippen molar-refractivity contribution < 1.29 is 0 Å². The first-order valence-electron chi connectivity index (χ1n) is 9.65. The third kappa shape index (κ3) is 3.14. The molecule has 1 heteroatoms. The molecule has 0 spiro atoms. The van der Waals surface area contributed by atoms with Crippen molar-refractivity contribution in [3.8, 4) is 0 Å². The molecule has 0 aromatic heterocycles. The quantitative estimate of drug-likeness (QED) is 0.498. The molecule has 26 heavy (non-hydrogen) atoms. The molecule has 2 aliphatic heterocycles. The van der Waals surface area contributed by atoms with Gasteiger partial charge in [-0.25, -0.2) is 0 Å². The maximum Gasteiger partial charge on any atom is 0.0464 e. The Hall–Kier alpha value is -2.54. The maximum atomic E-state index is 2.36. The van der Waals surface area contributed by atoms with E-state index in [4.69, 9.17) is 0 Å². The van der Waals surface area contributed by atoms with Crippen LogP contribution in [0, 0.1) is 0 Å². The molecule has 0 atom stereocenters. The number of rotatable bonds is 3. The van der Waals surface area contributed by atoms with E-state index in [2.05, 4.69) is 98.5 Å². The minimum absolute atomic E-state index is 0.214. The van der Waals surface area contributed by atoms with Gasteiger partial charge in [0.1, 0.15) is 0 Å². The topological polar surface area (TPSA) is 3.24 Å². The Bertz CT molecular complexity index is 888. The SMILES string of the molecule is CCC(C)(C)c1ccc(N2c3ccc(cc3)CCc3cccc2c3)cc1. The Kier molecular flexibility index (Phi) is 4.32. The molecule has 2 heterocycles. The van der Waals surface area contributed by atoms with Crippen LogP contribution >= 0.6 is 0 Å². The molecular weight excluding hydrogens is 314 g/mol. The summed E-state index contributed by atoms with van der Waals surface area (Å²) in [6.45, 7) is 6.88. The van der Waals surface area contributed by atoms with E-state index in [1.165, 1.54) is 33.8 Å². The van der Waals surface area contributed by atoms with Gasteiger partial charge in [0.15, 0.2) is 0 Å². The Morgan fingerprint density at radius 3 is 2.00 bits per heavy atom. The zero-order chi connectivity index (χ0) is 18.1. The molecule has 0 amide bonds. The zero-order valence-electron chi connectivity index (χ0n) is 16.0. The van der Waals surface area contributed by atoms with Gasteiger partial charge in [0.25, 0.3) is 0 Å². The number of aryl methyl sites for hydroxylation is 2. The lowest BCUT2D eigenvalue weighted by Gasteiger charge is -2.28. The van der Waals surface area contributed by atoms with E-state index in [-0.39, 0.29) is 5.41 Å². The van der Waals surface area contributed by atoms with Crippen molar-refractivity contribution >= 4 is 17.1 Å². The van der Waals surface area contributed by atoms with Crippen LogP contribution in [0.3, 0.4) is 0 Å². The van der Waals surface area contributed by atoms with Crippen molar-refractivity contribution in [3.05, 3.63) is 89.5 Å². The van der Waals surface area contributed by atoms with Crippen molar-refractivity contribution in [1.82, 2.24) is 0 Å². The van der Waals surface area contributed by atoms with E-state index in [1.807, 2.05) is 0 Å². The summed E-state index contributed by atoms with van der Waals surface area (Å²) in [5.41, 5.74) is 8.08. The number of hydrogen-bond donors (Lipinski definition) is 0. The largest absolute Gasteiger partial charge is 0.310 e. The summed E-state index contributed by atoms with van der Waals surface area (Å²) in [6.07, 6.45) is 3.33. The van der Waals surface area contributed by atoms with Crippen LogP contribution in [-0.4, -0.2) is 0 Å². The summed E-state index contributed by atoms with van der Waals surface area (Å²) in [5, 5.41) is 0. The monoisotopic (exact) mass is 341 g/mol. The van der Waals surface area contributed by atoms with E-state index >= 15 is 0 Å². The van der Waals surface area contributed by atoms with Crippen molar-refractivity contribution in [1.29, 1.82) is 0 Å². The predicted molar refractivity (Wildman–Crippen MR) is 112 cm³/mol. The van der Waals surface area contributed by atoms with E-state index in [9.17, 15) is 0 Å². The van der Waals surface area contributed by atoms with Gasteiger partial charge in [-0.2, -0.15) is 0 Å². The molecule has 0 radical (unpaired) electrons. The fraction of sp³-hybridized carbons (Fsp3) is 0.280. The number of anilines is 3. The number of benzene rings is 3. The summed E-state index contributed by atoms with van der Waals surface area (Å²) in [4.78, 5) is 2.36. The molecule has 3 aromatic rings. The van der Waals surface area contributed by atoms with Crippen molar-refractivity contribution in [2.45, 2.75) is 45.4 Å². The van der Waals surface area contributed by atoms with Gasteiger partial charge >= 0.3 is 0 Å². The normalized spacial score (nSPS) is 13.7. The Balaban J connectivity index is 1.82. The summed E-state index contributed by atoms with van der Waals surface area (Å²) < 4.78 is 0. The molecule has 0 aliphatic carbocycles. The zero-order valence-corrected chi connectivity index (χ0v) is 16.0. The van der Waals surface area contributed by atoms with E-state index < -0.39 is 0 Å². The van der Waals surface area contributed by atoms with Gasteiger partial charge in [0.05, 0.1) is 0 Å². The molecule has 2 aliphatic rings. The van der Waals surface area contributed by atoms with Gasteiger partial charge in [0.2, 0.25) is 0 Å². The highest BCUT2D eigenvalue weighted by molar-refractivity contribution is 5.77. The molecule has 0 N–H and O–H groups in total. The first-order chi connectivity index (χ1) is 12.6. The average Bonchev–Trinajstić information content (AvgIpc) is 2.68. The maximum absolute atomic E-state index is 2.36. The lowest BCUT2D eigenvalue weighted by Crippen LogP contribution is -2.16. The Labute approximate surface area is 157 Å². The van der Waals surface area contributed by atoms with Gasteiger partial charge in [-0.1, -0.05) is 57.2 Å². The van der Waals surface area contributed by atoms with Crippen molar-refractivity contribution in [2.24, 2.45) is 0 Å². The van der Waals surface area contributed by atoms with E-state index in [1.54, 1.807) is 0 Å².